The predicted octanol–water partition coefficient (Wildman–Crippen LogP) is 2.06. The van der Waals surface area contributed by atoms with Crippen LogP contribution in [0.5, 0.6) is 5.75 Å². The van der Waals surface area contributed by atoms with Crippen molar-refractivity contribution in [3.05, 3.63) is 29.8 Å². The van der Waals surface area contributed by atoms with Crippen molar-refractivity contribution in [2.75, 3.05) is 0 Å². The third-order valence-corrected chi connectivity index (χ3v) is 3.02. The fourth-order valence-corrected chi connectivity index (χ4v) is 2.11. The maximum absolute atomic E-state index is 11.0. The van der Waals surface area contributed by atoms with Gasteiger partial charge in [-0.3, -0.25) is 10.0 Å². The molecule has 1 aromatic carbocycles. The molecule has 1 aromatic rings. The van der Waals surface area contributed by atoms with Crippen molar-refractivity contribution in [1.82, 2.24) is 5.48 Å². The van der Waals surface area contributed by atoms with Gasteiger partial charge in [-0.1, -0.05) is 12.1 Å². The van der Waals surface area contributed by atoms with Gasteiger partial charge in [-0.2, -0.15) is 0 Å². The van der Waals surface area contributed by atoms with Gasteiger partial charge in [0.15, 0.2) is 0 Å². The minimum Gasteiger partial charge on any atom is -0.490 e. The molecule has 0 bridgehead atoms. The summed E-state index contributed by atoms with van der Waals surface area (Å²) in [5.41, 5.74) is 2.47. The van der Waals surface area contributed by atoms with Gasteiger partial charge in [-0.15, -0.1) is 0 Å². The van der Waals surface area contributed by atoms with E-state index in [0.29, 0.717) is 6.10 Å². The summed E-state index contributed by atoms with van der Waals surface area (Å²) in [6.45, 7) is 0. The molecule has 0 spiro atoms. The molecule has 92 valence electrons. The highest BCUT2D eigenvalue weighted by molar-refractivity contribution is 5.77. The van der Waals surface area contributed by atoms with Crippen LogP contribution in [0.25, 0.3) is 0 Å². The number of hydrogen-bond acceptors (Lipinski definition) is 3. The first-order chi connectivity index (χ1) is 8.28. The smallest absolute Gasteiger partial charge is 0.247 e. The second kappa shape index (κ2) is 5.68. The third kappa shape index (κ3) is 3.46. The molecule has 0 aliphatic heterocycles. The number of benzene rings is 1. The van der Waals surface area contributed by atoms with Crippen molar-refractivity contribution in [2.45, 2.75) is 38.2 Å². The fourth-order valence-electron chi connectivity index (χ4n) is 2.11. The van der Waals surface area contributed by atoms with Crippen molar-refractivity contribution in [1.29, 1.82) is 0 Å². The molecule has 2 N–H and O–H groups in total. The van der Waals surface area contributed by atoms with E-state index in [1.165, 1.54) is 12.8 Å². The number of ether oxygens (including phenoxy) is 1. The maximum atomic E-state index is 11.0. The Morgan fingerprint density at radius 1 is 1.29 bits per heavy atom. The molecular formula is C13H17NO3. The molecule has 0 heterocycles. The van der Waals surface area contributed by atoms with Gasteiger partial charge < -0.3 is 4.74 Å². The van der Waals surface area contributed by atoms with Crippen LogP contribution in [-0.2, 0) is 11.2 Å². The summed E-state index contributed by atoms with van der Waals surface area (Å²) in [4.78, 5) is 11.0. The van der Waals surface area contributed by atoms with Crippen LogP contribution < -0.4 is 10.2 Å². The van der Waals surface area contributed by atoms with E-state index in [9.17, 15) is 4.79 Å². The Hall–Kier alpha value is -1.55. The van der Waals surface area contributed by atoms with Crippen LogP contribution in [-0.4, -0.2) is 17.2 Å². The van der Waals surface area contributed by atoms with Gasteiger partial charge in [-0.25, -0.2) is 5.48 Å². The van der Waals surface area contributed by atoms with E-state index in [4.69, 9.17) is 9.94 Å². The predicted molar refractivity (Wildman–Crippen MR) is 63.0 cm³/mol. The second-order valence-electron chi connectivity index (χ2n) is 4.38. The quantitative estimate of drug-likeness (QED) is 0.620. The van der Waals surface area contributed by atoms with Crippen molar-refractivity contribution in [3.8, 4) is 5.75 Å². The highest BCUT2D eigenvalue weighted by Crippen LogP contribution is 2.24. The van der Waals surface area contributed by atoms with Gasteiger partial charge >= 0.3 is 0 Å². The minimum atomic E-state index is -0.408. The van der Waals surface area contributed by atoms with Crippen molar-refractivity contribution >= 4 is 5.91 Å². The SMILES string of the molecule is O=C(Cc1ccc(OC2CCCC2)cc1)NO. The summed E-state index contributed by atoms with van der Waals surface area (Å²) in [6, 6.07) is 7.44. The highest BCUT2D eigenvalue weighted by atomic mass is 16.5. The largest absolute Gasteiger partial charge is 0.490 e. The number of rotatable bonds is 4. The lowest BCUT2D eigenvalue weighted by Crippen LogP contribution is -2.20. The van der Waals surface area contributed by atoms with Crippen LogP contribution in [0.2, 0.25) is 0 Å². The number of hydrogen-bond donors (Lipinski definition) is 2. The number of hydroxylamine groups is 1. The normalized spacial score (nSPS) is 15.8. The van der Waals surface area contributed by atoms with E-state index in [1.54, 1.807) is 5.48 Å². The van der Waals surface area contributed by atoms with E-state index in [2.05, 4.69) is 0 Å². The molecule has 0 radical (unpaired) electrons. The van der Waals surface area contributed by atoms with Crippen LogP contribution in [0.1, 0.15) is 31.2 Å². The number of nitrogens with one attached hydrogen (secondary N) is 1. The molecule has 1 saturated carbocycles. The number of carbonyl (C=O) groups is 1. The average molecular weight is 235 g/mol. The Kier molecular flexibility index (Phi) is 3.98. The van der Waals surface area contributed by atoms with Gasteiger partial charge in [0.05, 0.1) is 12.5 Å². The van der Waals surface area contributed by atoms with E-state index in [-0.39, 0.29) is 6.42 Å². The molecule has 17 heavy (non-hydrogen) atoms. The Labute approximate surface area is 101 Å². The van der Waals surface area contributed by atoms with Gasteiger partial charge in [0, 0.05) is 0 Å². The van der Waals surface area contributed by atoms with Gasteiger partial charge in [0.2, 0.25) is 5.91 Å². The summed E-state index contributed by atoms with van der Waals surface area (Å²) >= 11 is 0. The van der Waals surface area contributed by atoms with Crippen LogP contribution in [0.3, 0.4) is 0 Å². The van der Waals surface area contributed by atoms with E-state index < -0.39 is 5.91 Å². The average Bonchev–Trinajstić information content (AvgIpc) is 2.84. The van der Waals surface area contributed by atoms with Gasteiger partial charge in [0.25, 0.3) is 0 Å². The Morgan fingerprint density at radius 2 is 1.94 bits per heavy atom. The molecule has 0 atom stereocenters. The zero-order valence-electron chi connectivity index (χ0n) is 9.69. The van der Waals surface area contributed by atoms with E-state index in [1.807, 2.05) is 24.3 Å². The van der Waals surface area contributed by atoms with Crippen LogP contribution >= 0.6 is 0 Å². The van der Waals surface area contributed by atoms with Crippen LogP contribution in [0.15, 0.2) is 24.3 Å². The second-order valence-corrected chi connectivity index (χ2v) is 4.38. The molecule has 0 unspecified atom stereocenters. The summed E-state index contributed by atoms with van der Waals surface area (Å²) in [5.74, 6) is 0.444. The van der Waals surface area contributed by atoms with Crippen LogP contribution in [0, 0.1) is 0 Å². The summed E-state index contributed by atoms with van der Waals surface area (Å²) in [5, 5.41) is 8.42. The molecule has 0 saturated heterocycles. The van der Waals surface area contributed by atoms with Gasteiger partial charge in [0.1, 0.15) is 5.75 Å². The molecule has 1 aliphatic carbocycles. The van der Waals surface area contributed by atoms with Crippen LogP contribution in [0.4, 0.5) is 0 Å². The minimum absolute atomic E-state index is 0.181. The van der Waals surface area contributed by atoms with Crippen molar-refractivity contribution in [2.24, 2.45) is 0 Å². The monoisotopic (exact) mass is 235 g/mol. The molecule has 1 amide bonds. The lowest BCUT2D eigenvalue weighted by Gasteiger charge is -2.13. The van der Waals surface area contributed by atoms with E-state index in [0.717, 1.165) is 24.2 Å². The molecular weight excluding hydrogens is 218 g/mol. The Morgan fingerprint density at radius 3 is 2.53 bits per heavy atom. The topological polar surface area (TPSA) is 58.6 Å². The van der Waals surface area contributed by atoms with E-state index >= 15 is 0 Å². The van der Waals surface area contributed by atoms with Crippen molar-refractivity contribution in [3.63, 3.8) is 0 Å². The third-order valence-electron chi connectivity index (χ3n) is 3.02. The lowest BCUT2D eigenvalue weighted by molar-refractivity contribution is -0.128. The highest BCUT2D eigenvalue weighted by Gasteiger charge is 2.16. The molecule has 4 heteroatoms. The summed E-state index contributed by atoms with van der Waals surface area (Å²) < 4.78 is 5.81. The maximum Gasteiger partial charge on any atom is 0.247 e. The summed E-state index contributed by atoms with van der Waals surface area (Å²) in [6.07, 6.45) is 5.30. The lowest BCUT2D eigenvalue weighted by atomic mass is 10.1. The Bertz CT molecular complexity index is 369. The first-order valence-electron chi connectivity index (χ1n) is 5.96. The standard InChI is InChI=1S/C13H17NO3/c15-13(14-16)9-10-5-7-12(8-6-10)17-11-3-1-2-4-11/h5-8,11,16H,1-4,9H2,(H,14,15). The number of carbonyl (C=O) groups excluding carboxylic acids is 1. The van der Waals surface area contributed by atoms with Crippen molar-refractivity contribution < 1.29 is 14.7 Å². The molecule has 0 aromatic heterocycles. The summed E-state index contributed by atoms with van der Waals surface area (Å²) in [7, 11) is 0. The molecule has 1 aliphatic rings. The molecule has 2 rings (SSSR count). The Balaban J connectivity index is 1.90. The molecule has 4 nitrogen and oxygen atoms in total. The first-order valence-corrected chi connectivity index (χ1v) is 5.96. The zero-order chi connectivity index (χ0) is 12.1. The number of amides is 1. The van der Waals surface area contributed by atoms with Gasteiger partial charge in [-0.05, 0) is 43.4 Å². The fraction of sp³-hybridized carbons (Fsp3) is 0.462. The molecule has 1 fully saturated rings. The first kappa shape index (κ1) is 11.9. The zero-order valence-corrected chi connectivity index (χ0v) is 9.69.